The van der Waals surface area contributed by atoms with Gasteiger partial charge in [0.05, 0.1) is 11.6 Å². The van der Waals surface area contributed by atoms with Crippen LogP contribution in [0.25, 0.3) is 0 Å². The third-order valence-electron chi connectivity index (χ3n) is 5.86. The van der Waals surface area contributed by atoms with Crippen molar-refractivity contribution in [1.82, 2.24) is 0 Å². The van der Waals surface area contributed by atoms with Crippen LogP contribution in [0.5, 0.6) is 0 Å². The molecule has 3 aliphatic rings. The molecule has 1 aliphatic carbocycles. The van der Waals surface area contributed by atoms with Gasteiger partial charge < -0.3 is 4.90 Å². The van der Waals surface area contributed by atoms with Crippen molar-refractivity contribution in [2.45, 2.75) is 69.7 Å². The number of benzene rings is 1. The highest BCUT2D eigenvalue weighted by Gasteiger charge is 2.52. The third-order valence-corrected chi connectivity index (χ3v) is 5.86. The van der Waals surface area contributed by atoms with Gasteiger partial charge in [0.25, 0.3) is 0 Å². The van der Waals surface area contributed by atoms with Gasteiger partial charge in [-0.1, -0.05) is 44.4 Å². The van der Waals surface area contributed by atoms with Gasteiger partial charge in [-0.2, -0.15) is 0 Å². The minimum atomic E-state index is 0.0500. The smallest absolute Gasteiger partial charge is 0.234 e. The predicted octanol–water partition coefficient (Wildman–Crippen LogP) is 4.35. The predicted molar refractivity (Wildman–Crippen MR) is 81.2 cm³/mol. The summed E-state index contributed by atoms with van der Waals surface area (Å²) in [4.78, 5) is 15.1. The first-order chi connectivity index (χ1) is 9.64. The number of anilines is 1. The highest BCUT2D eigenvalue weighted by atomic mass is 16.2. The number of carbonyl (C=O) groups excluding carboxylic acids is 1. The van der Waals surface area contributed by atoms with Gasteiger partial charge in [0, 0.05) is 5.54 Å². The molecule has 1 aromatic carbocycles. The second kappa shape index (κ2) is 4.09. The zero-order valence-electron chi connectivity index (χ0n) is 12.5. The van der Waals surface area contributed by atoms with Crippen molar-refractivity contribution in [3.8, 4) is 0 Å². The minimum absolute atomic E-state index is 0.0500. The van der Waals surface area contributed by atoms with E-state index in [9.17, 15) is 4.79 Å². The normalized spacial score (nSPS) is 30.7. The average molecular weight is 269 g/mol. The fourth-order valence-electron chi connectivity index (χ4n) is 4.90. The molecule has 4 rings (SSSR count). The van der Waals surface area contributed by atoms with Crippen LogP contribution in [0.4, 0.5) is 5.69 Å². The Hall–Kier alpha value is -1.31. The quantitative estimate of drug-likeness (QED) is 0.686. The van der Waals surface area contributed by atoms with E-state index in [0.717, 1.165) is 6.42 Å². The van der Waals surface area contributed by atoms with Crippen LogP contribution in [0.1, 0.15) is 75.3 Å². The Labute approximate surface area is 121 Å². The zero-order chi connectivity index (χ0) is 13.9. The average Bonchev–Trinajstić information content (AvgIpc) is 2.72. The van der Waals surface area contributed by atoms with Gasteiger partial charge in [0.2, 0.25) is 5.91 Å². The summed E-state index contributed by atoms with van der Waals surface area (Å²) in [6.45, 7) is 4.42. The van der Waals surface area contributed by atoms with Gasteiger partial charge in [-0.05, 0) is 43.2 Å². The molecule has 20 heavy (non-hydrogen) atoms. The maximum Gasteiger partial charge on any atom is 0.234 e. The maximum atomic E-state index is 12.9. The van der Waals surface area contributed by atoms with E-state index in [1.165, 1.54) is 48.9 Å². The molecule has 1 amide bonds. The minimum Gasteiger partial charge on any atom is -0.305 e. The second-order valence-electron chi connectivity index (χ2n) is 7.07. The van der Waals surface area contributed by atoms with Crippen LogP contribution < -0.4 is 4.90 Å². The molecule has 1 spiro atoms. The van der Waals surface area contributed by atoms with Crippen molar-refractivity contribution in [3.63, 3.8) is 0 Å². The first-order valence-corrected chi connectivity index (χ1v) is 8.11. The molecule has 0 aromatic heterocycles. The molecule has 106 valence electrons. The Morgan fingerprint density at radius 3 is 2.55 bits per heavy atom. The molecule has 0 bridgehead atoms. The first kappa shape index (κ1) is 12.4. The lowest BCUT2D eigenvalue weighted by atomic mass is 9.70. The molecular weight excluding hydrogens is 246 g/mol. The lowest BCUT2D eigenvalue weighted by Crippen LogP contribution is -2.55. The number of hydrogen-bond acceptors (Lipinski definition) is 1. The summed E-state index contributed by atoms with van der Waals surface area (Å²) in [7, 11) is 0. The van der Waals surface area contributed by atoms with Crippen molar-refractivity contribution in [2.24, 2.45) is 0 Å². The third kappa shape index (κ3) is 1.43. The molecule has 2 unspecified atom stereocenters. The molecular formula is C18H23NO. The Morgan fingerprint density at radius 2 is 1.80 bits per heavy atom. The van der Waals surface area contributed by atoms with E-state index in [1.807, 2.05) is 0 Å². The molecule has 2 heteroatoms. The largest absolute Gasteiger partial charge is 0.305 e. The van der Waals surface area contributed by atoms with Gasteiger partial charge in [-0.3, -0.25) is 4.79 Å². The van der Waals surface area contributed by atoms with Crippen molar-refractivity contribution >= 4 is 11.6 Å². The monoisotopic (exact) mass is 269 g/mol. The Bertz CT molecular complexity index is 571. The number of rotatable bonds is 0. The Kier molecular flexibility index (Phi) is 2.55. The molecule has 1 saturated carbocycles. The van der Waals surface area contributed by atoms with Crippen molar-refractivity contribution in [3.05, 3.63) is 29.3 Å². The van der Waals surface area contributed by atoms with Gasteiger partial charge in [0.15, 0.2) is 0 Å². The SMILES string of the molecule is CC1CC2(CCCCC2)N2C(=O)C(C)c3cccc1c32. The Balaban J connectivity index is 1.93. The molecule has 2 atom stereocenters. The van der Waals surface area contributed by atoms with Crippen molar-refractivity contribution < 1.29 is 4.79 Å². The maximum absolute atomic E-state index is 12.9. The first-order valence-electron chi connectivity index (χ1n) is 8.11. The number of nitrogens with zero attached hydrogens (tertiary/aromatic N) is 1. The van der Waals surface area contributed by atoms with Crippen LogP contribution >= 0.6 is 0 Å². The Morgan fingerprint density at radius 1 is 1.10 bits per heavy atom. The number of hydrogen-bond donors (Lipinski definition) is 0. The summed E-state index contributed by atoms with van der Waals surface area (Å²) in [5.74, 6) is 0.979. The molecule has 1 aromatic rings. The van der Waals surface area contributed by atoms with E-state index in [2.05, 4.69) is 36.9 Å². The fraction of sp³-hybridized carbons (Fsp3) is 0.611. The van der Waals surface area contributed by atoms with Crippen LogP contribution in [0.2, 0.25) is 0 Å². The number of amides is 1. The van der Waals surface area contributed by atoms with E-state index in [0.29, 0.717) is 11.8 Å². The molecule has 2 nitrogen and oxygen atoms in total. The van der Waals surface area contributed by atoms with E-state index in [1.54, 1.807) is 0 Å². The highest BCUT2D eigenvalue weighted by Crippen LogP contribution is 2.55. The molecule has 0 N–H and O–H groups in total. The molecule has 1 fully saturated rings. The summed E-state index contributed by atoms with van der Waals surface area (Å²) >= 11 is 0. The number of para-hydroxylation sites is 1. The zero-order valence-corrected chi connectivity index (χ0v) is 12.5. The standard InChI is InChI=1S/C18H23NO/c1-12-11-18(9-4-3-5-10-18)19-16-14(12)7-6-8-15(16)13(2)17(19)20/h6-8,12-13H,3-5,9-11H2,1-2H3. The van der Waals surface area contributed by atoms with E-state index < -0.39 is 0 Å². The summed E-state index contributed by atoms with van der Waals surface area (Å²) in [6.07, 6.45) is 7.45. The van der Waals surface area contributed by atoms with Crippen LogP contribution in [0, 0.1) is 0 Å². The van der Waals surface area contributed by atoms with E-state index >= 15 is 0 Å². The van der Waals surface area contributed by atoms with E-state index in [4.69, 9.17) is 0 Å². The molecule has 0 radical (unpaired) electrons. The lowest BCUT2D eigenvalue weighted by Gasteiger charge is -2.50. The topological polar surface area (TPSA) is 20.3 Å². The van der Waals surface area contributed by atoms with Crippen LogP contribution in [-0.2, 0) is 4.79 Å². The van der Waals surface area contributed by atoms with Crippen LogP contribution in [0.15, 0.2) is 18.2 Å². The molecule has 2 aliphatic heterocycles. The van der Waals surface area contributed by atoms with Crippen molar-refractivity contribution in [1.29, 1.82) is 0 Å². The number of carbonyl (C=O) groups is 1. The summed E-state index contributed by atoms with van der Waals surface area (Å²) in [5, 5.41) is 0. The van der Waals surface area contributed by atoms with E-state index in [-0.39, 0.29) is 11.5 Å². The summed E-state index contributed by atoms with van der Waals surface area (Å²) in [5.41, 5.74) is 4.08. The summed E-state index contributed by atoms with van der Waals surface area (Å²) in [6, 6.07) is 6.53. The lowest BCUT2D eigenvalue weighted by molar-refractivity contribution is -0.120. The molecule has 0 saturated heterocycles. The number of fused-ring (bicyclic) bond motifs is 1. The second-order valence-corrected chi connectivity index (χ2v) is 7.07. The fourth-order valence-corrected chi connectivity index (χ4v) is 4.90. The van der Waals surface area contributed by atoms with Gasteiger partial charge >= 0.3 is 0 Å². The van der Waals surface area contributed by atoms with Gasteiger partial charge in [-0.25, -0.2) is 0 Å². The van der Waals surface area contributed by atoms with Gasteiger partial charge in [0.1, 0.15) is 0 Å². The summed E-state index contributed by atoms with van der Waals surface area (Å²) < 4.78 is 0. The van der Waals surface area contributed by atoms with Crippen LogP contribution in [-0.4, -0.2) is 11.4 Å². The van der Waals surface area contributed by atoms with Crippen LogP contribution in [0.3, 0.4) is 0 Å². The molecule has 2 heterocycles. The highest BCUT2D eigenvalue weighted by molar-refractivity contribution is 6.07. The van der Waals surface area contributed by atoms with Gasteiger partial charge in [-0.15, -0.1) is 0 Å². The van der Waals surface area contributed by atoms with Crippen molar-refractivity contribution in [2.75, 3.05) is 4.90 Å².